The van der Waals surface area contributed by atoms with Crippen LogP contribution in [-0.2, 0) is 35.1 Å². The number of fused-ring (bicyclic) bond motifs is 16. The monoisotopic (exact) mass is 836 g/mol. The predicted molar refractivity (Wildman–Crippen MR) is 212 cm³/mol. The summed E-state index contributed by atoms with van der Waals surface area (Å²) in [6.45, 7) is 0.539. The van der Waals surface area contributed by atoms with Crippen molar-refractivity contribution in [3.63, 3.8) is 0 Å². The average Bonchev–Trinajstić information content (AvgIpc) is 3.72. The van der Waals surface area contributed by atoms with Gasteiger partial charge in [-0.05, 0) is 105 Å². The quantitative estimate of drug-likeness (QED) is 0.221. The summed E-state index contributed by atoms with van der Waals surface area (Å²) in [6.07, 6.45) is 8.42. The lowest BCUT2D eigenvalue weighted by atomic mass is 9.70. The highest BCUT2D eigenvalue weighted by Crippen LogP contribution is 2.44. The lowest BCUT2D eigenvalue weighted by molar-refractivity contribution is -0.204. The Kier molecular flexibility index (Phi) is 15.6. The molecule has 6 aliphatic rings. The van der Waals surface area contributed by atoms with E-state index in [0.717, 1.165) is 41.4 Å². The second kappa shape index (κ2) is 20.4. The van der Waals surface area contributed by atoms with Crippen LogP contribution in [-0.4, -0.2) is 89.2 Å². The largest absolute Gasteiger partial charge is 0.480 e. The molecule has 2 bridgehead atoms. The molecule has 2 aliphatic heterocycles. The summed E-state index contributed by atoms with van der Waals surface area (Å²) in [5.41, 5.74) is 0. The topological polar surface area (TPSA) is 154 Å². The van der Waals surface area contributed by atoms with Gasteiger partial charge in [0.25, 0.3) is 0 Å². The summed E-state index contributed by atoms with van der Waals surface area (Å²) < 4.78 is 48.8. The summed E-state index contributed by atoms with van der Waals surface area (Å²) in [7, 11) is 0. The van der Waals surface area contributed by atoms with Crippen molar-refractivity contribution >= 4 is 40.9 Å². The van der Waals surface area contributed by atoms with E-state index < -0.39 is 78.3 Å². The Balaban J connectivity index is 1.26. The Labute approximate surface area is 344 Å². The van der Waals surface area contributed by atoms with E-state index in [-0.39, 0.29) is 56.7 Å². The number of carbonyl (C=O) groups is 5. The van der Waals surface area contributed by atoms with Gasteiger partial charge in [-0.1, -0.05) is 64.4 Å². The van der Waals surface area contributed by atoms with Gasteiger partial charge in [-0.2, -0.15) is 13.2 Å². The maximum atomic E-state index is 14.3. The number of rotatable bonds is 7. The lowest BCUT2D eigenvalue weighted by Crippen LogP contribution is -2.59. The van der Waals surface area contributed by atoms with E-state index in [2.05, 4.69) is 16.0 Å². The van der Waals surface area contributed by atoms with Crippen LogP contribution < -0.4 is 16.0 Å². The molecule has 1 aromatic heterocycles. The predicted octanol–water partition coefficient (Wildman–Crippen LogP) is 6.78. The molecule has 6 fully saturated rings. The summed E-state index contributed by atoms with van der Waals surface area (Å²) in [5, 5.41) is 20.9. The number of nitrogens with one attached hydrogen (secondary N) is 3. The number of carboxylic acid groups (broad SMARTS) is 1. The zero-order valence-electron chi connectivity index (χ0n) is 33.8. The highest BCUT2D eigenvalue weighted by molar-refractivity contribution is 7.09. The summed E-state index contributed by atoms with van der Waals surface area (Å²) in [6, 6.07) is -0.742. The molecule has 0 radical (unpaired) electrons. The molecule has 4 N–H and O–H groups in total. The van der Waals surface area contributed by atoms with Crippen LogP contribution in [0.4, 0.5) is 13.2 Å². The Morgan fingerprint density at radius 2 is 1.57 bits per heavy atom. The van der Waals surface area contributed by atoms with Gasteiger partial charge >= 0.3 is 12.1 Å². The minimum atomic E-state index is -4.51. The third kappa shape index (κ3) is 11.8. The van der Waals surface area contributed by atoms with Gasteiger partial charge in [-0.25, -0.2) is 4.79 Å². The zero-order chi connectivity index (χ0) is 41.4. The second-order valence-corrected chi connectivity index (χ2v) is 19.0. The van der Waals surface area contributed by atoms with E-state index in [0.29, 0.717) is 38.0 Å². The van der Waals surface area contributed by atoms with Crippen LogP contribution in [0.15, 0.2) is 17.5 Å². The van der Waals surface area contributed by atoms with Crippen molar-refractivity contribution < 1.29 is 47.0 Å². The number of aliphatic carboxylic acids is 1. The highest BCUT2D eigenvalue weighted by atomic mass is 32.1. The van der Waals surface area contributed by atoms with E-state index in [1.54, 1.807) is 0 Å². The fourth-order valence-corrected chi connectivity index (χ4v) is 11.7. The molecule has 4 amide bonds. The van der Waals surface area contributed by atoms with Gasteiger partial charge in [0.15, 0.2) is 0 Å². The summed E-state index contributed by atoms with van der Waals surface area (Å²) in [5.74, 6) is -5.11. The number of halogens is 3. The molecule has 4 aliphatic carbocycles. The van der Waals surface area contributed by atoms with Gasteiger partial charge in [-0.15, -0.1) is 11.3 Å². The number of carboxylic acids is 1. The van der Waals surface area contributed by atoms with Crippen molar-refractivity contribution in [2.24, 2.45) is 35.5 Å². The van der Waals surface area contributed by atoms with Crippen molar-refractivity contribution in [2.45, 2.75) is 165 Å². The molecular weight excluding hydrogens is 774 g/mol. The molecule has 4 saturated carbocycles. The minimum Gasteiger partial charge on any atom is -0.480 e. The minimum absolute atomic E-state index is 0.0503. The van der Waals surface area contributed by atoms with Crippen LogP contribution in [0.2, 0.25) is 0 Å². The van der Waals surface area contributed by atoms with Gasteiger partial charge in [-0.3, -0.25) is 19.2 Å². The molecule has 0 spiro atoms. The second-order valence-electron chi connectivity index (χ2n) is 17.9. The van der Waals surface area contributed by atoms with Gasteiger partial charge in [0, 0.05) is 17.3 Å². The first-order valence-electron chi connectivity index (χ1n) is 21.9. The molecule has 4 unspecified atom stereocenters. The van der Waals surface area contributed by atoms with E-state index in [9.17, 15) is 42.3 Å². The number of ether oxygens (including phenoxy) is 1. The van der Waals surface area contributed by atoms with Gasteiger partial charge < -0.3 is 30.7 Å². The van der Waals surface area contributed by atoms with Crippen LogP contribution in [0.5, 0.6) is 0 Å². The lowest BCUT2D eigenvalue weighted by Gasteiger charge is -2.46. The van der Waals surface area contributed by atoms with E-state index in [4.69, 9.17) is 4.74 Å². The molecular formula is C43H63F3N4O7S. The molecule has 11 nitrogen and oxygen atoms in total. The number of thiophene rings is 1. The normalized spacial score (nSPS) is 34.6. The molecule has 7 rings (SSSR count). The summed E-state index contributed by atoms with van der Waals surface area (Å²) >= 11 is 1.44. The maximum Gasteiger partial charge on any atom is 0.392 e. The molecule has 2 saturated heterocycles. The number of hydrogen-bond acceptors (Lipinski definition) is 7. The summed E-state index contributed by atoms with van der Waals surface area (Å²) in [4.78, 5) is 71.0. The van der Waals surface area contributed by atoms with Crippen LogP contribution in [0.1, 0.15) is 127 Å². The van der Waals surface area contributed by atoms with Gasteiger partial charge in [0.05, 0.1) is 18.6 Å². The molecule has 58 heavy (non-hydrogen) atoms. The molecule has 1 aromatic rings. The molecule has 3 heterocycles. The van der Waals surface area contributed by atoms with Crippen molar-refractivity contribution in [3.05, 3.63) is 22.4 Å². The third-order valence-electron chi connectivity index (χ3n) is 14.2. The van der Waals surface area contributed by atoms with Crippen molar-refractivity contribution in [1.29, 1.82) is 0 Å². The standard InChI is InChI=1S/C43H63F3N4O7S/c1-26-33(43(44,45)46)10-5-11-36(26)50-37(42(55)56)22-28-14-18-31(19-15-28)57-25-38(51)48-35(23-32-9-6-20-58-32)41(54)49-34(40(53)47-24-39(50)52)21-27-12-16-30(17-13-27)29-7-3-2-4-8-29/h6,9,20,26-31,33-37H,2-5,7-8,10-19,21-25H2,1H3,(H,47,53)(H,48,51)(H,49,54)(H,55,56)/t26?,27?,28?,30?,31?,33?,34-,35?,36?,37+/m1/s1. The van der Waals surface area contributed by atoms with Crippen molar-refractivity contribution in [3.8, 4) is 0 Å². The molecule has 15 heteroatoms. The van der Waals surface area contributed by atoms with Gasteiger partial charge in [0.2, 0.25) is 23.6 Å². The Morgan fingerprint density at radius 1 is 0.862 bits per heavy atom. The van der Waals surface area contributed by atoms with E-state index in [1.165, 1.54) is 50.4 Å². The van der Waals surface area contributed by atoms with Crippen LogP contribution in [0.3, 0.4) is 0 Å². The van der Waals surface area contributed by atoms with Gasteiger partial charge in [0.1, 0.15) is 24.7 Å². The number of hydrogen-bond donors (Lipinski definition) is 4. The van der Waals surface area contributed by atoms with Crippen molar-refractivity contribution in [2.75, 3.05) is 13.2 Å². The highest BCUT2D eigenvalue weighted by Gasteiger charge is 2.51. The number of alkyl halides is 3. The first-order chi connectivity index (χ1) is 27.8. The average molecular weight is 837 g/mol. The Morgan fingerprint density at radius 3 is 2.22 bits per heavy atom. The third-order valence-corrected chi connectivity index (χ3v) is 15.1. The van der Waals surface area contributed by atoms with Crippen molar-refractivity contribution in [1.82, 2.24) is 20.9 Å². The van der Waals surface area contributed by atoms with E-state index >= 15 is 0 Å². The number of amides is 4. The maximum absolute atomic E-state index is 14.3. The zero-order valence-corrected chi connectivity index (χ0v) is 34.6. The number of carbonyl (C=O) groups excluding carboxylic acids is 4. The SMILES string of the molecule is CC1C(N2C(=O)CNC(=O)[C@@H](CC3CCC(C4CCCCC4)CC3)NC(=O)C(Cc3cccs3)NC(=O)COC3CCC(CC3)C[C@H]2C(=O)O)CCCC1C(F)(F)F. The fourth-order valence-electron chi connectivity index (χ4n) is 11.0. The van der Waals surface area contributed by atoms with Crippen LogP contribution >= 0.6 is 11.3 Å². The molecule has 6 atom stereocenters. The molecule has 324 valence electrons. The van der Waals surface area contributed by atoms with Crippen LogP contribution in [0, 0.1) is 35.5 Å². The Bertz CT molecular complexity index is 1540. The van der Waals surface area contributed by atoms with E-state index in [1.807, 2.05) is 17.5 Å². The first kappa shape index (κ1) is 44.4. The van der Waals surface area contributed by atoms with Crippen LogP contribution in [0.25, 0.3) is 0 Å². The smallest absolute Gasteiger partial charge is 0.392 e. The first-order valence-corrected chi connectivity index (χ1v) is 22.8. The fraction of sp³-hybridized carbons (Fsp3) is 0.791. The Hall–Kier alpha value is -3.20. The molecule has 0 aromatic carbocycles. The number of nitrogens with zero attached hydrogens (tertiary/aromatic N) is 1.